The molecule has 0 aromatic rings. The van der Waals surface area contributed by atoms with Crippen LogP contribution in [0.1, 0.15) is 32.1 Å². The largest absolute Gasteiger partial charge is 0.376 e. The van der Waals surface area contributed by atoms with Crippen LogP contribution in [0.15, 0.2) is 16.6 Å². The standard InChI is InChI=1S/C15H27N3O2/c1-16-15(18-11-14-12-19-9-10-20-14)17-8-7-13-5-3-2-4-6-13/h5,14H,2-4,6-12H2,1H3,(H2,16,17,18). The van der Waals surface area contributed by atoms with Gasteiger partial charge in [0.05, 0.1) is 25.9 Å². The molecular weight excluding hydrogens is 254 g/mol. The van der Waals surface area contributed by atoms with E-state index in [2.05, 4.69) is 21.7 Å². The summed E-state index contributed by atoms with van der Waals surface area (Å²) in [5.41, 5.74) is 1.59. The van der Waals surface area contributed by atoms with Crippen LogP contribution >= 0.6 is 0 Å². The van der Waals surface area contributed by atoms with Crippen LogP contribution in [-0.4, -0.2) is 52.0 Å². The maximum absolute atomic E-state index is 5.59. The van der Waals surface area contributed by atoms with Crippen molar-refractivity contribution in [2.45, 2.75) is 38.2 Å². The zero-order valence-corrected chi connectivity index (χ0v) is 12.5. The number of hydrogen-bond donors (Lipinski definition) is 2. The van der Waals surface area contributed by atoms with E-state index >= 15 is 0 Å². The van der Waals surface area contributed by atoms with E-state index in [0.717, 1.165) is 25.5 Å². The maximum Gasteiger partial charge on any atom is 0.191 e. The molecule has 0 aromatic carbocycles. The molecule has 5 heteroatoms. The summed E-state index contributed by atoms with van der Waals surface area (Å²) in [6, 6.07) is 0. The minimum Gasteiger partial charge on any atom is -0.376 e. The lowest BCUT2D eigenvalue weighted by Gasteiger charge is -2.24. The van der Waals surface area contributed by atoms with E-state index in [-0.39, 0.29) is 6.10 Å². The molecule has 0 saturated carbocycles. The molecule has 1 aliphatic heterocycles. The van der Waals surface area contributed by atoms with Crippen LogP contribution in [0.5, 0.6) is 0 Å². The SMILES string of the molecule is CN=C(NCCC1=CCCCC1)NCC1COCCO1. The van der Waals surface area contributed by atoms with Gasteiger partial charge >= 0.3 is 0 Å². The summed E-state index contributed by atoms with van der Waals surface area (Å²) in [7, 11) is 1.80. The number of allylic oxidation sites excluding steroid dienone is 1. The molecule has 0 spiro atoms. The summed E-state index contributed by atoms with van der Waals surface area (Å²) in [5, 5.41) is 6.65. The topological polar surface area (TPSA) is 54.9 Å². The minimum absolute atomic E-state index is 0.128. The van der Waals surface area contributed by atoms with Gasteiger partial charge in [-0.1, -0.05) is 11.6 Å². The fraction of sp³-hybridized carbons (Fsp3) is 0.800. The van der Waals surface area contributed by atoms with Gasteiger partial charge in [0.25, 0.3) is 0 Å². The van der Waals surface area contributed by atoms with Gasteiger partial charge in [0, 0.05) is 20.1 Å². The van der Waals surface area contributed by atoms with Gasteiger partial charge in [-0.15, -0.1) is 0 Å². The molecule has 1 fully saturated rings. The first-order valence-corrected chi connectivity index (χ1v) is 7.70. The third kappa shape index (κ3) is 5.51. The molecule has 2 aliphatic rings. The minimum atomic E-state index is 0.128. The molecule has 2 N–H and O–H groups in total. The van der Waals surface area contributed by atoms with Crippen LogP contribution in [0.4, 0.5) is 0 Å². The molecule has 114 valence electrons. The van der Waals surface area contributed by atoms with Crippen LogP contribution in [0.2, 0.25) is 0 Å². The molecule has 1 saturated heterocycles. The summed E-state index contributed by atoms with van der Waals surface area (Å²) in [5.74, 6) is 0.843. The zero-order chi connectivity index (χ0) is 14.0. The second kappa shape index (κ2) is 8.97. The Labute approximate surface area is 121 Å². The van der Waals surface area contributed by atoms with E-state index in [4.69, 9.17) is 9.47 Å². The number of guanidine groups is 1. The quantitative estimate of drug-likeness (QED) is 0.455. The van der Waals surface area contributed by atoms with Crippen molar-refractivity contribution in [2.75, 3.05) is 40.0 Å². The Hall–Kier alpha value is -1.07. The van der Waals surface area contributed by atoms with Gasteiger partial charge in [-0.3, -0.25) is 4.99 Å². The predicted octanol–water partition coefficient (Wildman–Crippen LogP) is 1.46. The van der Waals surface area contributed by atoms with Crippen molar-refractivity contribution in [2.24, 2.45) is 4.99 Å². The Morgan fingerprint density at radius 3 is 3.00 bits per heavy atom. The van der Waals surface area contributed by atoms with E-state index in [1.807, 2.05) is 0 Å². The third-order valence-corrected chi connectivity index (χ3v) is 3.73. The Balaban J connectivity index is 1.60. The van der Waals surface area contributed by atoms with Gasteiger partial charge in [-0.2, -0.15) is 0 Å². The fourth-order valence-electron chi connectivity index (χ4n) is 2.56. The van der Waals surface area contributed by atoms with Crippen molar-refractivity contribution in [3.8, 4) is 0 Å². The summed E-state index contributed by atoms with van der Waals surface area (Å²) in [6.07, 6.45) is 8.85. The summed E-state index contributed by atoms with van der Waals surface area (Å²) in [6.45, 7) is 3.73. The number of hydrogen-bond acceptors (Lipinski definition) is 3. The predicted molar refractivity (Wildman–Crippen MR) is 81.1 cm³/mol. The van der Waals surface area contributed by atoms with Crippen LogP contribution in [0.3, 0.4) is 0 Å². The molecule has 5 nitrogen and oxygen atoms in total. The first kappa shape index (κ1) is 15.3. The van der Waals surface area contributed by atoms with Crippen LogP contribution in [0, 0.1) is 0 Å². The number of ether oxygens (including phenoxy) is 2. The maximum atomic E-state index is 5.59. The number of nitrogens with zero attached hydrogens (tertiary/aromatic N) is 1. The van der Waals surface area contributed by atoms with Crippen molar-refractivity contribution in [3.63, 3.8) is 0 Å². The lowest BCUT2D eigenvalue weighted by molar-refractivity contribution is -0.0850. The lowest BCUT2D eigenvalue weighted by atomic mass is 9.97. The Morgan fingerprint density at radius 2 is 2.30 bits per heavy atom. The molecule has 0 amide bonds. The molecule has 1 aliphatic carbocycles. The normalized spacial score (nSPS) is 24.1. The second-order valence-electron chi connectivity index (χ2n) is 5.31. The zero-order valence-electron chi connectivity index (χ0n) is 12.5. The smallest absolute Gasteiger partial charge is 0.191 e. The van der Waals surface area contributed by atoms with Gasteiger partial charge in [-0.05, 0) is 32.1 Å². The van der Waals surface area contributed by atoms with Crippen LogP contribution in [-0.2, 0) is 9.47 Å². The summed E-state index contributed by atoms with van der Waals surface area (Å²) >= 11 is 0. The molecule has 0 bridgehead atoms. The van der Waals surface area contributed by atoms with Crippen LogP contribution in [0.25, 0.3) is 0 Å². The van der Waals surface area contributed by atoms with E-state index in [1.165, 1.54) is 25.7 Å². The van der Waals surface area contributed by atoms with Crippen molar-refractivity contribution in [3.05, 3.63) is 11.6 Å². The van der Waals surface area contributed by atoms with E-state index < -0.39 is 0 Å². The molecule has 0 radical (unpaired) electrons. The number of rotatable bonds is 5. The number of nitrogens with one attached hydrogen (secondary N) is 2. The van der Waals surface area contributed by atoms with Gasteiger partial charge in [0.2, 0.25) is 0 Å². The van der Waals surface area contributed by atoms with Crippen molar-refractivity contribution < 1.29 is 9.47 Å². The molecule has 0 aromatic heterocycles. The monoisotopic (exact) mass is 281 g/mol. The Kier molecular flexibility index (Phi) is 6.88. The second-order valence-corrected chi connectivity index (χ2v) is 5.31. The van der Waals surface area contributed by atoms with Crippen molar-refractivity contribution >= 4 is 5.96 Å². The lowest BCUT2D eigenvalue weighted by Crippen LogP contribution is -2.44. The van der Waals surface area contributed by atoms with Gasteiger partial charge in [0.15, 0.2) is 5.96 Å². The molecule has 2 rings (SSSR count). The summed E-state index contributed by atoms with van der Waals surface area (Å²) < 4.78 is 11.0. The highest BCUT2D eigenvalue weighted by Crippen LogP contribution is 2.19. The number of aliphatic imine (C=N–C) groups is 1. The van der Waals surface area contributed by atoms with E-state index in [9.17, 15) is 0 Å². The van der Waals surface area contributed by atoms with Crippen molar-refractivity contribution in [1.82, 2.24) is 10.6 Å². The third-order valence-electron chi connectivity index (χ3n) is 3.73. The molecule has 1 unspecified atom stereocenters. The summed E-state index contributed by atoms with van der Waals surface area (Å²) in [4.78, 5) is 4.23. The van der Waals surface area contributed by atoms with Gasteiger partial charge < -0.3 is 20.1 Å². The Bertz CT molecular complexity index is 336. The highest BCUT2D eigenvalue weighted by molar-refractivity contribution is 5.79. The average Bonchev–Trinajstić information content (AvgIpc) is 2.52. The molecule has 20 heavy (non-hydrogen) atoms. The first-order chi connectivity index (χ1) is 9.88. The molecule has 1 heterocycles. The highest BCUT2D eigenvalue weighted by atomic mass is 16.6. The molecule has 1 atom stereocenters. The van der Waals surface area contributed by atoms with E-state index in [0.29, 0.717) is 19.8 Å². The first-order valence-electron chi connectivity index (χ1n) is 7.70. The molecular formula is C15H27N3O2. The fourth-order valence-corrected chi connectivity index (χ4v) is 2.56. The Morgan fingerprint density at radius 1 is 1.35 bits per heavy atom. The van der Waals surface area contributed by atoms with Crippen LogP contribution < -0.4 is 10.6 Å². The van der Waals surface area contributed by atoms with Crippen molar-refractivity contribution in [1.29, 1.82) is 0 Å². The highest BCUT2D eigenvalue weighted by Gasteiger charge is 2.14. The van der Waals surface area contributed by atoms with Gasteiger partial charge in [0.1, 0.15) is 0 Å². The van der Waals surface area contributed by atoms with E-state index in [1.54, 1.807) is 12.6 Å². The van der Waals surface area contributed by atoms with Gasteiger partial charge in [-0.25, -0.2) is 0 Å². The average molecular weight is 281 g/mol.